The molecule has 0 spiro atoms. The summed E-state index contributed by atoms with van der Waals surface area (Å²) in [5, 5.41) is 7.89. The zero-order valence-electron chi connectivity index (χ0n) is 14.0. The third-order valence-electron chi connectivity index (χ3n) is 4.66. The van der Waals surface area contributed by atoms with Crippen LogP contribution < -0.4 is 5.32 Å². The largest absolute Gasteiger partial charge is 0.328 e. The Kier molecular flexibility index (Phi) is 3.72. The van der Waals surface area contributed by atoms with Gasteiger partial charge in [0, 0.05) is 22.6 Å². The predicted octanol–water partition coefficient (Wildman–Crippen LogP) is 3.58. The first-order chi connectivity index (χ1) is 11.6. The summed E-state index contributed by atoms with van der Waals surface area (Å²) in [5.74, 6) is 2.02. The SMILES string of the molecule is CSc1ccc([C@H]2C3=C(C[C@H](C)CC3=O)Nc3nc(C)nn32)cc1. The Hall–Kier alpha value is -2.08. The number of benzene rings is 1. The quantitative estimate of drug-likeness (QED) is 0.847. The van der Waals surface area contributed by atoms with Gasteiger partial charge in [0.05, 0.1) is 0 Å². The Labute approximate surface area is 145 Å². The summed E-state index contributed by atoms with van der Waals surface area (Å²) in [7, 11) is 0. The number of allylic oxidation sites excluding steroid dienone is 2. The van der Waals surface area contributed by atoms with Crippen molar-refractivity contribution in [2.45, 2.75) is 37.6 Å². The van der Waals surface area contributed by atoms with Crippen molar-refractivity contribution in [3.05, 3.63) is 46.9 Å². The molecule has 1 aliphatic heterocycles. The molecule has 4 rings (SSSR count). The topological polar surface area (TPSA) is 59.8 Å². The second-order valence-corrected chi connectivity index (χ2v) is 7.44. The van der Waals surface area contributed by atoms with E-state index in [1.165, 1.54) is 4.90 Å². The number of thioether (sulfide) groups is 1. The average molecular weight is 340 g/mol. The summed E-state index contributed by atoms with van der Waals surface area (Å²) >= 11 is 1.71. The lowest BCUT2D eigenvalue weighted by atomic mass is 9.81. The van der Waals surface area contributed by atoms with E-state index >= 15 is 0 Å². The maximum Gasteiger partial charge on any atom is 0.226 e. The van der Waals surface area contributed by atoms with Crippen molar-refractivity contribution < 1.29 is 4.79 Å². The highest BCUT2D eigenvalue weighted by atomic mass is 32.2. The highest BCUT2D eigenvalue weighted by Gasteiger charge is 2.38. The number of hydrogen-bond acceptors (Lipinski definition) is 5. The van der Waals surface area contributed by atoms with Gasteiger partial charge in [-0.05, 0) is 43.2 Å². The summed E-state index contributed by atoms with van der Waals surface area (Å²) in [6.07, 6.45) is 3.54. The van der Waals surface area contributed by atoms with Gasteiger partial charge < -0.3 is 5.32 Å². The van der Waals surface area contributed by atoms with Crippen LogP contribution in [0.15, 0.2) is 40.4 Å². The second-order valence-electron chi connectivity index (χ2n) is 6.56. The molecule has 1 aliphatic carbocycles. The van der Waals surface area contributed by atoms with Crippen molar-refractivity contribution in [2.24, 2.45) is 5.92 Å². The van der Waals surface area contributed by atoms with Crippen molar-refractivity contribution in [3.8, 4) is 0 Å². The number of Topliss-reactive ketones (excluding diaryl/α,β-unsaturated/α-hetero) is 1. The molecule has 1 N–H and O–H groups in total. The van der Waals surface area contributed by atoms with Crippen LogP contribution in [0, 0.1) is 12.8 Å². The van der Waals surface area contributed by atoms with Crippen LogP contribution in [0.2, 0.25) is 0 Å². The Balaban J connectivity index is 1.87. The van der Waals surface area contributed by atoms with Crippen molar-refractivity contribution in [1.82, 2.24) is 14.8 Å². The molecule has 1 aromatic heterocycles. The van der Waals surface area contributed by atoms with Gasteiger partial charge in [-0.1, -0.05) is 19.1 Å². The number of hydrogen-bond donors (Lipinski definition) is 1. The van der Waals surface area contributed by atoms with Crippen LogP contribution in [-0.4, -0.2) is 26.8 Å². The molecular formula is C18H20N4OS. The van der Waals surface area contributed by atoms with E-state index in [2.05, 4.69) is 52.8 Å². The van der Waals surface area contributed by atoms with Crippen LogP contribution >= 0.6 is 11.8 Å². The molecule has 0 saturated carbocycles. The van der Waals surface area contributed by atoms with Crippen molar-refractivity contribution >= 4 is 23.5 Å². The van der Waals surface area contributed by atoms with E-state index in [0.29, 0.717) is 18.2 Å². The number of anilines is 1. The molecule has 2 heterocycles. The zero-order chi connectivity index (χ0) is 16.8. The summed E-state index contributed by atoms with van der Waals surface area (Å²) in [4.78, 5) is 18.5. The van der Waals surface area contributed by atoms with Gasteiger partial charge in [0.15, 0.2) is 5.78 Å². The Bertz CT molecular complexity index is 837. The fourth-order valence-corrected chi connectivity index (χ4v) is 4.02. The number of rotatable bonds is 2. The Morgan fingerprint density at radius 1 is 1.25 bits per heavy atom. The molecule has 1 aromatic carbocycles. The van der Waals surface area contributed by atoms with Gasteiger partial charge in [-0.25, -0.2) is 4.68 Å². The van der Waals surface area contributed by atoms with Crippen LogP contribution in [0.5, 0.6) is 0 Å². The van der Waals surface area contributed by atoms with E-state index in [1.54, 1.807) is 11.8 Å². The van der Waals surface area contributed by atoms with Crippen molar-refractivity contribution in [2.75, 3.05) is 11.6 Å². The Morgan fingerprint density at radius 3 is 2.71 bits per heavy atom. The maximum atomic E-state index is 12.8. The maximum absolute atomic E-state index is 12.8. The molecule has 5 nitrogen and oxygen atoms in total. The van der Waals surface area contributed by atoms with Gasteiger partial charge in [0.1, 0.15) is 11.9 Å². The summed E-state index contributed by atoms with van der Waals surface area (Å²) < 4.78 is 1.86. The predicted molar refractivity (Wildman–Crippen MR) is 95.2 cm³/mol. The van der Waals surface area contributed by atoms with E-state index in [-0.39, 0.29) is 11.8 Å². The molecule has 0 radical (unpaired) electrons. The van der Waals surface area contributed by atoms with E-state index in [1.807, 2.05) is 11.6 Å². The third-order valence-corrected chi connectivity index (χ3v) is 5.40. The molecule has 0 amide bonds. The van der Waals surface area contributed by atoms with Gasteiger partial charge >= 0.3 is 0 Å². The monoisotopic (exact) mass is 340 g/mol. The minimum atomic E-state index is -0.187. The van der Waals surface area contributed by atoms with Crippen molar-refractivity contribution in [1.29, 1.82) is 0 Å². The molecule has 6 heteroatoms. The van der Waals surface area contributed by atoms with E-state index in [4.69, 9.17) is 0 Å². The summed E-state index contributed by atoms with van der Waals surface area (Å²) in [5.41, 5.74) is 2.94. The normalized spacial score (nSPS) is 22.9. The number of aryl methyl sites for hydroxylation is 1. The lowest BCUT2D eigenvalue weighted by Crippen LogP contribution is -2.33. The van der Waals surface area contributed by atoms with E-state index in [9.17, 15) is 4.79 Å². The van der Waals surface area contributed by atoms with Gasteiger partial charge in [-0.15, -0.1) is 11.8 Å². The molecule has 0 saturated heterocycles. The number of aromatic nitrogens is 3. The molecule has 2 atom stereocenters. The van der Waals surface area contributed by atoms with Gasteiger partial charge in [0.2, 0.25) is 5.95 Å². The van der Waals surface area contributed by atoms with Crippen LogP contribution in [0.4, 0.5) is 5.95 Å². The molecule has 124 valence electrons. The third kappa shape index (κ3) is 2.45. The highest BCUT2D eigenvalue weighted by molar-refractivity contribution is 7.98. The number of carbonyl (C=O) groups excluding carboxylic acids is 1. The number of ketones is 1. The molecular weight excluding hydrogens is 320 g/mol. The number of fused-ring (bicyclic) bond motifs is 1. The van der Waals surface area contributed by atoms with E-state index in [0.717, 1.165) is 29.2 Å². The first kappa shape index (κ1) is 15.4. The molecule has 2 aromatic rings. The molecule has 0 bridgehead atoms. The number of nitrogens with zero attached hydrogens (tertiary/aromatic N) is 3. The summed E-state index contributed by atoms with van der Waals surface area (Å²) in [6, 6.07) is 8.20. The first-order valence-electron chi connectivity index (χ1n) is 8.17. The molecule has 0 fully saturated rings. The van der Waals surface area contributed by atoms with Gasteiger partial charge in [-0.3, -0.25) is 4.79 Å². The van der Waals surface area contributed by atoms with Crippen LogP contribution in [0.1, 0.15) is 37.2 Å². The lowest BCUT2D eigenvalue weighted by Gasteiger charge is -2.34. The average Bonchev–Trinajstić information content (AvgIpc) is 2.92. The molecule has 0 unspecified atom stereocenters. The minimum absolute atomic E-state index is 0.187. The van der Waals surface area contributed by atoms with E-state index < -0.39 is 0 Å². The van der Waals surface area contributed by atoms with Crippen molar-refractivity contribution in [3.63, 3.8) is 0 Å². The Morgan fingerprint density at radius 2 is 2.00 bits per heavy atom. The first-order valence-corrected chi connectivity index (χ1v) is 9.39. The smallest absolute Gasteiger partial charge is 0.226 e. The van der Waals surface area contributed by atoms with Crippen LogP contribution in [0.25, 0.3) is 0 Å². The highest BCUT2D eigenvalue weighted by Crippen LogP contribution is 2.41. The number of carbonyl (C=O) groups is 1. The second kappa shape index (κ2) is 5.77. The minimum Gasteiger partial charge on any atom is -0.328 e. The summed E-state index contributed by atoms with van der Waals surface area (Å²) in [6.45, 7) is 4.00. The molecule has 2 aliphatic rings. The van der Waals surface area contributed by atoms with Gasteiger partial charge in [-0.2, -0.15) is 10.1 Å². The lowest BCUT2D eigenvalue weighted by molar-refractivity contribution is -0.117. The van der Waals surface area contributed by atoms with Gasteiger partial charge in [0.25, 0.3) is 0 Å². The fraction of sp³-hybridized carbons (Fsp3) is 0.389. The standard InChI is InChI=1S/C18H20N4OS/c1-10-8-14-16(15(23)9-10)17(12-4-6-13(24-3)7-5-12)22-18(20-14)19-11(2)21-22/h4-7,10,17H,8-9H2,1-3H3,(H,19,20,21)/t10-,17-/m0/s1. The van der Waals surface area contributed by atoms with Crippen LogP contribution in [-0.2, 0) is 4.79 Å². The zero-order valence-corrected chi connectivity index (χ0v) is 14.9. The molecule has 24 heavy (non-hydrogen) atoms. The van der Waals surface area contributed by atoms with Crippen LogP contribution in [0.3, 0.4) is 0 Å². The number of nitrogens with one attached hydrogen (secondary N) is 1. The fourth-order valence-electron chi connectivity index (χ4n) is 3.61.